The molecule has 0 radical (unpaired) electrons. The fourth-order valence-electron chi connectivity index (χ4n) is 3.71. The maximum Gasteiger partial charge on any atom is 0.310 e. The molecule has 112 valence electrons. The number of Topliss-reactive ketones (excluding diaryl/α,β-unsaturated/α-hetero) is 1. The van der Waals surface area contributed by atoms with E-state index < -0.39 is 36.0 Å². The summed E-state index contributed by atoms with van der Waals surface area (Å²) >= 11 is 0. The molecule has 0 aromatic heterocycles. The highest BCUT2D eigenvalue weighted by Gasteiger charge is 2.55. The van der Waals surface area contributed by atoms with Crippen molar-refractivity contribution in [1.82, 2.24) is 4.90 Å². The third kappa shape index (κ3) is 2.17. The number of fused-ring (bicyclic) bond motifs is 2. The average molecular weight is 290 g/mol. The van der Waals surface area contributed by atoms with Crippen LogP contribution in [-0.4, -0.2) is 52.1 Å². The van der Waals surface area contributed by atoms with Crippen LogP contribution in [0.3, 0.4) is 0 Å². The summed E-state index contributed by atoms with van der Waals surface area (Å²) in [6.07, 6.45) is -0.448. The first-order valence-electron chi connectivity index (χ1n) is 7.61. The number of piperidine rings is 1. The molecule has 3 rings (SSSR count). The van der Waals surface area contributed by atoms with Crippen LogP contribution in [0.15, 0.2) is 30.3 Å². The second-order valence-corrected chi connectivity index (χ2v) is 5.77. The second-order valence-electron chi connectivity index (χ2n) is 5.77. The number of ketones is 1. The number of benzene rings is 1. The van der Waals surface area contributed by atoms with E-state index in [-0.39, 0.29) is 5.78 Å². The Morgan fingerprint density at radius 1 is 1.24 bits per heavy atom. The monoisotopic (exact) mass is 290 g/mol. The number of carbonyl (C=O) groups excluding carboxylic acids is 1. The minimum absolute atomic E-state index is 0.360. The fraction of sp³-hybridized carbons (Fsp3) is 0.500. The number of hydrogen-bond acceptors (Lipinski definition) is 4. The van der Waals surface area contributed by atoms with Crippen LogP contribution < -0.4 is 0 Å². The summed E-state index contributed by atoms with van der Waals surface area (Å²) in [6, 6.07) is 6.84. The van der Waals surface area contributed by atoms with Crippen molar-refractivity contribution in [3.8, 4) is 0 Å². The van der Waals surface area contributed by atoms with Gasteiger partial charge >= 0.3 is 5.97 Å². The van der Waals surface area contributed by atoms with E-state index in [1.165, 1.54) is 0 Å². The van der Waals surface area contributed by atoms with Gasteiger partial charge in [0, 0.05) is 19.0 Å². The molecule has 0 aliphatic carbocycles. The standard InChI is InChI=1S/C16H19NO4/c1-17-10-7-8-11(17)13(16(20)21)15(19)12(10)14(18)9-5-3-2-4-6-9/h2-6,10-13,15,19H,7-8H2,1H3,(H,20,21)/t10-,11+,12?,13+,15-/m0/s1/i10D. The lowest BCUT2D eigenvalue weighted by Crippen LogP contribution is -2.59. The average Bonchev–Trinajstić information content (AvgIpc) is 2.70. The van der Waals surface area contributed by atoms with Crippen molar-refractivity contribution in [2.45, 2.75) is 31.0 Å². The molecule has 1 aromatic rings. The van der Waals surface area contributed by atoms with E-state index in [1.807, 2.05) is 0 Å². The number of aliphatic hydroxyl groups is 1. The number of carboxylic acid groups (broad SMARTS) is 1. The quantitative estimate of drug-likeness (QED) is 0.813. The minimum Gasteiger partial charge on any atom is -0.481 e. The topological polar surface area (TPSA) is 77.8 Å². The molecule has 2 heterocycles. The highest BCUT2D eigenvalue weighted by atomic mass is 16.4. The van der Waals surface area contributed by atoms with Crippen molar-refractivity contribution in [2.75, 3.05) is 7.05 Å². The van der Waals surface area contributed by atoms with Gasteiger partial charge in [0.25, 0.3) is 0 Å². The second kappa shape index (κ2) is 5.24. The number of carbonyl (C=O) groups is 2. The van der Waals surface area contributed by atoms with Gasteiger partial charge in [0.15, 0.2) is 5.78 Å². The van der Waals surface area contributed by atoms with Gasteiger partial charge in [0.05, 0.1) is 17.9 Å². The highest BCUT2D eigenvalue weighted by Crippen LogP contribution is 2.43. The molecule has 5 heteroatoms. The largest absolute Gasteiger partial charge is 0.481 e. The summed E-state index contributed by atoms with van der Waals surface area (Å²) in [7, 11) is 1.68. The van der Waals surface area contributed by atoms with Gasteiger partial charge in [-0.05, 0) is 19.9 Å². The van der Waals surface area contributed by atoms with Crippen LogP contribution in [0.25, 0.3) is 0 Å². The predicted octanol–water partition coefficient (Wildman–Crippen LogP) is 1.02. The third-order valence-corrected chi connectivity index (χ3v) is 4.76. The Bertz CT molecular complexity index is 607. The van der Waals surface area contributed by atoms with Crippen LogP contribution in [0.5, 0.6) is 0 Å². The van der Waals surface area contributed by atoms with Crippen LogP contribution in [0.4, 0.5) is 0 Å². The Labute approximate surface area is 124 Å². The summed E-state index contributed by atoms with van der Waals surface area (Å²) in [5, 5.41) is 20.0. The van der Waals surface area contributed by atoms with Gasteiger partial charge < -0.3 is 10.2 Å². The van der Waals surface area contributed by atoms with Gasteiger partial charge in [-0.3, -0.25) is 14.5 Å². The van der Waals surface area contributed by atoms with E-state index in [9.17, 15) is 19.8 Å². The Hall–Kier alpha value is -1.72. The van der Waals surface area contributed by atoms with Gasteiger partial charge in [-0.25, -0.2) is 0 Å². The Morgan fingerprint density at radius 3 is 2.52 bits per heavy atom. The van der Waals surface area contributed by atoms with Crippen molar-refractivity contribution in [1.29, 1.82) is 0 Å². The Kier molecular flexibility index (Phi) is 3.24. The van der Waals surface area contributed by atoms with E-state index in [4.69, 9.17) is 1.37 Å². The van der Waals surface area contributed by atoms with Crippen molar-refractivity contribution < 1.29 is 21.2 Å². The van der Waals surface area contributed by atoms with Gasteiger partial charge in [0.2, 0.25) is 0 Å². The zero-order valence-corrected chi connectivity index (χ0v) is 11.8. The van der Waals surface area contributed by atoms with Gasteiger partial charge in [-0.15, -0.1) is 0 Å². The SMILES string of the molecule is [2H][C@]12CC[C@H]([C@@H](C(=O)O)[C@@H](O)C1C(=O)c1ccccc1)N2C. The van der Waals surface area contributed by atoms with Crippen LogP contribution >= 0.6 is 0 Å². The molecule has 1 unspecified atom stereocenters. The molecule has 2 aliphatic rings. The molecule has 2 saturated heterocycles. The van der Waals surface area contributed by atoms with E-state index in [1.54, 1.807) is 42.3 Å². The predicted molar refractivity (Wildman–Crippen MR) is 76.0 cm³/mol. The zero-order chi connectivity index (χ0) is 16.1. The molecule has 2 N–H and O–H groups in total. The summed E-state index contributed by atoms with van der Waals surface area (Å²) in [6.45, 7) is 0. The van der Waals surface area contributed by atoms with E-state index in [2.05, 4.69) is 0 Å². The first kappa shape index (κ1) is 13.0. The molecule has 2 bridgehead atoms. The van der Waals surface area contributed by atoms with Gasteiger partial charge in [-0.1, -0.05) is 30.3 Å². The molecule has 5 atom stereocenters. The maximum atomic E-state index is 12.8. The van der Waals surface area contributed by atoms with Crippen LogP contribution in [0, 0.1) is 11.8 Å². The van der Waals surface area contributed by atoms with Gasteiger partial charge in [0.1, 0.15) is 0 Å². The number of aliphatic carboxylic acids is 1. The van der Waals surface area contributed by atoms with Crippen molar-refractivity contribution in [3.05, 3.63) is 35.9 Å². The maximum absolute atomic E-state index is 12.8. The van der Waals surface area contributed by atoms with E-state index in [0.717, 1.165) is 0 Å². The molecule has 1 aromatic carbocycles. The minimum atomic E-state index is -1.34. The molecular formula is C16H19NO4. The lowest BCUT2D eigenvalue weighted by Gasteiger charge is -2.43. The lowest BCUT2D eigenvalue weighted by atomic mass is 9.76. The molecule has 2 aliphatic heterocycles. The first-order valence-corrected chi connectivity index (χ1v) is 7.11. The lowest BCUT2D eigenvalue weighted by molar-refractivity contribution is -0.154. The third-order valence-electron chi connectivity index (χ3n) is 4.76. The smallest absolute Gasteiger partial charge is 0.310 e. The number of hydrogen-bond donors (Lipinski definition) is 2. The molecule has 0 spiro atoms. The number of nitrogens with zero attached hydrogens (tertiary/aromatic N) is 1. The summed E-state index contributed by atoms with van der Waals surface area (Å²) in [5.41, 5.74) is 0.404. The normalized spacial score (nSPS) is 39.8. The molecule has 0 amide bonds. The Balaban J connectivity index is 2.04. The van der Waals surface area contributed by atoms with E-state index in [0.29, 0.717) is 18.4 Å². The molecule has 5 nitrogen and oxygen atoms in total. The van der Waals surface area contributed by atoms with Crippen molar-refractivity contribution >= 4 is 11.8 Å². The Morgan fingerprint density at radius 2 is 1.90 bits per heavy atom. The van der Waals surface area contributed by atoms with E-state index >= 15 is 0 Å². The van der Waals surface area contributed by atoms with Gasteiger partial charge in [-0.2, -0.15) is 0 Å². The van der Waals surface area contributed by atoms with Crippen LogP contribution in [0.1, 0.15) is 24.6 Å². The summed E-state index contributed by atoms with van der Waals surface area (Å²) in [4.78, 5) is 26.0. The molecular weight excluding hydrogens is 270 g/mol. The first-order chi connectivity index (χ1) is 10.4. The molecule has 2 fully saturated rings. The zero-order valence-electron chi connectivity index (χ0n) is 12.8. The van der Waals surface area contributed by atoms with Crippen molar-refractivity contribution in [2.24, 2.45) is 11.8 Å². The fourth-order valence-corrected chi connectivity index (χ4v) is 3.71. The summed E-state index contributed by atoms with van der Waals surface area (Å²) < 4.78 is 8.67. The highest BCUT2D eigenvalue weighted by molar-refractivity contribution is 5.99. The van der Waals surface area contributed by atoms with Crippen LogP contribution in [-0.2, 0) is 4.79 Å². The molecule has 21 heavy (non-hydrogen) atoms. The number of carboxylic acids is 1. The van der Waals surface area contributed by atoms with Crippen LogP contribution in [0.2, 0.25) is 0 Å². The number of aliphatic hydroxyl groups excluding tert-OH is 1. The summed E-state index contributed by atoms with van der Waals surface area (Å²) in [5.74, 6) is -3.57. The van der Waals surface area contributed by atoms with Crippen molar-refractivity contribution in [3.63, 3.8) is 0 Å². The molecule has 0 saturated carbocycles. The number of rotatable bonds is 3.